The van der Waals surface area contributed by atoms with Crippen molar-refractivity contribution in [3.8, 4) is 5.75 Å². The smallest absolute Gasteiger partial charge is 0.262 e. The van der Waals surface area contributed by atoms with Crippen LogP contribution in [0.5, 0.6) is 5.75 Å². The summed E-state index contributed by atoms with van der Waals surface area (Å²) in [5.74, 6) is -0.167. The summed E-state index contributed by atoms with van der Waals surface area (Å²) in [4.78, 5) is 23.4. The van der Waals surface area contributed by atoms with Crippen molar-refractivity contribution >= 4 is 34.8 Å². The molecule has 0 spiro atoms. The average molecular weight is 312 g/mol. The van der Waals surface area contributed by atoms with E-state index in [0.29, 0.717) is 22.1 Å². The number of carbonyl (C=O) groups excluding carboxylic acids is 2. The zero-order valence-electron chi connectivity index (χ0n) is 11.7. The van der Waals surface area contributed by atoms with Gasteiger partial charge in [0.2, 0.25) is 5.91 Å². The summed E-state index contributed by atoms with van der Waals surface area (Å²) in [7, 11) is 0. The van der Waals surface area contributed by atoms with Crippen LogP contribution < -0.4 is 21.1 Å². The molecule has 1 aromatic carbocycles. The fraction of sp³-hybridized carbons (Fsp3) is 0.429. The molecule has 1 unspecified atom stereocenters. The molecule has 0 bridgehead atoms. The Balaban J connectivity index is 2.17. The second-order valence-corrected chi connectivity index (χ2v) is 5.28. The second kappa shape index (κ2) is 6.78. The lowest BCUT2D eigenvalue weighted by molar-refractivity contribution is -0.120. The van der Waals surface area contributed by atoms with Gasteiger partial charge in [-0.3, -0.25) is 9.59 Å². The SMILES string of the molecule is CCCC(CN)C(=O)Nc1cc2c(cc1Cl)NC(=O)CO2. The standard InChI is InChI=1S/C14H18ClN3O3/c1-2-3-8(6-16)14(20)18-10-5-12-11(4-9(10)15)17-13(19)7-21-12/h4-5,8H,2-3,6-7,16H2,1H3,(H,17,19)(H,18,20). The molecule has 4 N–H and O–H groups in total. The number of hydrogen-bond acceptors (Lipinski definition) is 4. The van der Waals surface area contributed by atoms with Gasteiger partial charge in [-0.25, -0.2) is 0 Å². The van der Waals surface area contributed by atoms with Gasteiger partial charge in [0, 0.05) is 12.6 Å². The molecule has 0 aromatic heterocycles. The third-order valence-corrected chi connectivity index (χ3v) is 3.57. The average Bonchev–Trinajstić information content (AvgIpc) is 2.45. The highest BCUT2D eigenvalue weighted by molar-refractivity contribution is 6.34. The van der Waals surface area contributed by atoms with Crippen LogP contribution in [0.15, 0.2) is 12.1 Å². The molecule has 1 aliphatic heterocycles. The number of anilines is 2. The van der Waals surface area contributed by atoms with Crippen molar-refractivity contribution in [3.63, 3.8) is 0 Å². The van der Waals surface area contributed by atoms with E-state index in [1.807, 2.05) is 6.92 Å². The molecule has 1 atom stereocenters. The first-order valence-electron chi connectivity index (χ1n) is 6.82. The topological polar surface area (TPSA) is 93.5 Å². The van der Waals surface area contributed by atoms with E-state index in [9.17, 15) is 9.59 Å². The van der Waals surface area contributed by atoms with E-state index in [1.165, 1.54) is 0 Å². The molecular formula is C14H18ClN3O3. The lowest BCUT2D eigenvalue weighted by Gasteiger charge is -2.20. The first kappa shape index (κ1) is 15.6. The van der Waals surface area contributed by atoms with Crippen LogP contribution in [-0.4, -0.2) is 25.0 Å². The zero-order chi connectivity index (χ0) is 15.4. The summed E-state index contributed by atoms with van der Waals surface area (Å²) in [5, 5.41) is 5.75. The number of carbonyl (C=O) groups is 2. The molecule has 1 heterocycles. The Morgan fingerprint density at radius 1 is 1.57 bits per heavy atom. The molecule has 21 heavy (non-hydrogen) atoms. The first-order chi connectivity index (χ1) is 10.0. The number of fused-ring (bicyclic) bond motifs is 1. The summed E-state index contributed by atoms with van der Waals surface area (Å²) in [6.45, 7) is 2.23. The molecule has 2 amide bonds. The Labute approximate surface area is 128 Å². The number of nitrogens with one attached hydrogen (secondary N) is 2. The molecule has 0 saturated heterocycles. The molecule has 0 radical (unpaired) electrons. The zero-order valence-corrected chi connectivity index (χ0v) is 12.5. The van der Waals surface area contributed by atoms with Gasteiger partial charge in [0.25, 0.3) is 5.91 Å². The fourth-order valence-electron chi connectivity index (χ4n) is 2.14. The summed E-state index contributed by atoms with van der Waals surface area (Å²) in [6, 6.07) is 3.16. The van der Waals surface area contributed by atoms with Gasteiger partial charge in [0.05, 0.1) is 22.3 Å². The van der Waals surface area contributed by atoms with E-state index in [2.05, 4.69) is 10.6 Å². The summed E-state index contributed by atoms with van der Waals surface area (Å²) in [5.41, 5.74) is 6.56. The van der Waals surface area contributed by atoms with E-state index in [1.54, 1.807) is 12.1 Å². The molecule has 114 valence electrons. The van der Waals surface area contributed by atoms with Gasteiger partial charge in [0.15, 0.2) is 6.61 Å². The maximum absolute atomic E-state index is 12.1. The van der Waals surface area contributed by atoms with Gasteiger partial charge >= 0.3 is 0 Å². The Bertz CT molecular complexity index is 563. The van der Waals surface area contributed by atoms with E-state index < -0.39 is 0 Å². The van der Waals surface area contributed by atoms with E-state index in [0.717, 1.165) is 12.8 Å². The summed E-state index contributed by atoms with van der Waals surface area (Å²) in [6.07, 6.45) is 1.60. The fourth-order valence-corrected chi connectivity index (χ4v) is 2.35. The number of halogens is 1. The Kier molecular flexibility index (Phi) is 5.03. The molecule has 6 nitrogen and oxygen atoms in total. The molecule has 2 rings (SSSR count). The van der Waals surface area contributed by atoms with Crippen molar-refractivity contribution in [2.45, 2.75) is 19.8 Å². The Morgan fingerprint density at radius 3 is 3.00 bits per heavy atom. The van der Waals surface area contributed by atoms with Crippen molar-refractivity contribution < 1.29 is 14.3 Å². The summed E-state index contributed by atoms with van der Waals surface area (Å²) < 4.78 is 5.30. The number of amides is 2. The van der Waals surface area contributed by atoms with Crippen LogP contribution in [-0.2, 0) is 9.59 Å². The number of nitrogens with two attached hydrogens (primary N) is 1. The van der Waals surface area contributed by atoms with Gasteiger partial charge in [-0.05, 0) is 12.5 Å². The first-order valence-corrected chi connectivity index (χ1v) is 7.20. The van der Waals surface area contributed by atoms with Gasteiger partial charge < -0.3 is 21.1 Å². The van der Waals surface area contributed by atoms with E-state index in [4.69, 9.17) is 22.1 Å². The molecule has 0 saturated carbocycles. The van der Waals surface area contributed by atoms with Gasteiger partial charge in [-0.1, -0.05) is 24.9 Å². The number of benzene rings is 1. The van der Waals surface area contributed by atoms with Gasteiger partial charge in [-0.15, -0.1) is 0 Å². The highest BCUT2D eigenvalue weighted by atomic mass is 35.5. The second-order valence-electron chi connectivity index (χ2n) is 4.88. The molecule has 0 fully saturated rings. The normalized spacial score (nSPS) is 14.7. The number of ether oxygens (including phenoxy) is 1. The molecular weight excluding hydrogens is 294 g/mol. The largest absolute Gasteiger partial charge is 0.482 e. The quantitative estimate of drug-likeness (QED) is 0.775. The predicted molar refractivity (Wildman–Crippen MR) is 81.7 cm³/mol. The molecule has 7 heteroatoms. The van der Waals surface area contributed by atoms with Crippen LogP contribution >= 0.6 is 11.6 Å². The number of hydrogen-bond donors (Lipinski definition) is 3. The Morgan fingerprint density at radius 2 is 2.33 bits per heavy atom. The van der Waals surface area contributed by atoms with E-state index >= 15 is 0 Å². The molecule has 1 aliphatic rings. The van der Waals surface area contributed by atoms with Crippen LogP contribution in [0.25, 0.3) is 0 Å². The van der Waals surface area contributed by atoms with Crippen molar-refractivity contribution in [1.82, 2.24) is 0 Å². The van der Waals surface area contributed by atoms with Crippen LogP contribution in [0.1, 0.15) is 19.8 Å². The Hall–Kier alpha value is -1.79. The lowest BCUT2D eigenvalue weighted by atomic mass is 10.0. The maximum atomic E-state index is 12.1. The van der Waals surface area contributed by atoms with Crippen molar-refractivity contribution in [1.29, 1.82) is 0 Å². The summed E-state index contributed by atoms with van der Waals surface area (Å²) >= 11 is 6.13. The highest BCUT2D eigenvalue weighted by Gasteiger charge is 2.21. The van der Waals surface area contributed by atoms with Crippen LogP contribution in [0.4, 0.5) is 11.4 Å². The van der Waals surface area contributed by atoms with Crippen molar-refractivity contribution in [2.24, 2.45) is 11.7 Å². The minimum atomic E-state index is -0.247. The van der Waals surface area contributed by atoms with Crippen LogP contribution in [0.2, 0.25) is 5.02 Å². The van der Waals surface area contributed by atoms with Crippen LogP contribution in [0.3, 0.4) is 0 Å². The molecule has 1 aromatic rings. The molecule has 0 aliphatic carbocycles. The minimum absolute atomic E-state index is 0.0523. The van der Waals surface area contributed by atoms with E-state index in [-0.39, 0.29) is 30.9 Å². The van der Waals surface area contributed by atoms with Crippen molar-refractivity contribution in [2.75, 3.05) is 23.8 Å². The van der Waals surface area contributed by atoms with Crippen LogP contribution in [0, 0.1) is 5.92 Å². The third-order valence-electron chi connectivity index (χ3n) is 3.25. The van der Waals surface area contributed by atoms with Crippen molar-refractivity contribution in [3.05, 3.63) is 17.2 Å². The monoisotopic (exact) mass is 311 g/mol. The lowest BCUT2D eigenvalue weighted by Crippen LogP contribution is -2.29. The minimum Gasteiger partial charge on any atom is -0.482 e. The van der Waals surface area contributed by atoms with Gasteiger partial charge in [-0.2, -0.15) is 0 Å². The van der Waals surface area contributed by atoms with Gasteiger partial charge in [0.1, 0.15) is 5.75 Å². The highest BCUT2D eigenvalue weighted by Crippen LogP contribution is 2.36. The third kappa shape index (κ3) is 3.65. The maximum Gasteiger partial charge on any atom is 0.262 e. The predicted octanol–water partition coefficient (Wildman–Crippen LogP) is 1.98. The number of rotatable bonds is 5.